The molecule has 2 heterocycles. The number of alkyl halides is 3. The number of hydrogen-bond acceptors (Lipinski definition) is 2. The van der Waals surface area contributed by atoms with Crippen LogP contribution >= 0.6 is 0 Å². The Morgan fingerprint density at radius 2 is 1.79 bits per heavy atom. The van der Waals surface area contributed by atoms with E-state index in [9.17, 15) is 17.6 Å². The van der Waals surface area contributed by atoms with Gasteiger partial charge in [-0.3, -0.25) is 4.90 Å². The van der Waals surface area contributed by atoms with Gasteiger partial charge in [0.15, 0.2) is 0 Å². The first-order valence-corrected chi connectivity index (χ1v) is 9.32. The fourth-order valence-electron chi connectivity index (χ4n) is 4.10. The zero-order chi connectivity index (χ0) is 19.7. The summed E-state index contributed by atoms with van der Waals surface area (Å²) in [6.07, 6.45) is -1.43. The van der Waals surface area contributed by atoms with Crippen molar-refractivity contribution in [2.45, 2.75) is 37.6 Å². The van der Waals surface area contributed by atoms with Crippen LogP contribution in [0.25, 0.3) is 0 Å². The Kier molecular flexibility index (Phi) is 5.25. The minimum Gasteiger partial charge on any atom is -0.378 e. The Morgan fingerprint density at radius 3 is 2.50 bits per heavy atom. The summed E-state index contributed by atoms with van der Waals surface area (Å²) < 4.78 is 58.3. The smallest absolute Gasteiger partial charge is 0.378 e. The quantitative estimate of drug-likeness (QED) is 0.538. The first kappa shape index (κ1) is 19.2. The molecule has 0 aromatic heterocycles. The molecule has 0 N–H and O–H groups in total. The molecule has 2 aromatic rings. The average molecular weight is 391 g/mol. The highest BCUT2D eigenvalue weighted by atomic mass is 19.4. The van der Waals surface area contributed by atoms with Crippen LogP contribution in [-0.4, -0.2) is 30.2 Å². The van der Waals surface area contributed by atoms with E-state index in [1.807, 2.05) is 18.2 Å². The number of benzene rings is 2. The van der Waals surface area contributed by atoms with Gasteiger partial charge in [0.2, 0.25) is 0 Å². The number of ether oxygens (including phenoxy) is 1. The minimum absolute atomic E-state index is 0.0818. The van der Waals surface area contributed by atoms with Gasteiger partial charge >= 0.3 is 6.18 Å². The van der Waals surface area contributed by atoms with Gasteiger partial charge in [-0.15, -0.1) is 0 Å². The molecule has 4 rings (SSSR count). The van der Waals surface area contributed by atoms with E-state index in [2.05, 4.69) is 23.1 Å². The number of rotatable bonds is 4. The molecular formula is C22H21F4NO. The van der Waals surface area contributed by atoms with Crippen molar-refractivity contribution >= 4 is 0 Å². The predicted octanol–water partition coefficient (Wildman–Crippen LogP) is 4.99. The molecule has 2 atom stereocenters. The Balaban J connectivity index is 1.53. The van der Waals surface area contributed by atoms with Gasteiger partial charge in [0, 0.05) is 12.6 Å². The third-order valence-electron chi connectivity index (χ3n) is 5.34. The number of morpholine rings is 1. The molecule has 0 amide bonds. The van der Waals surface area contributed by atoms with Crippen molar-refractivity contribution in [1.29, 1.82) is 0 Å². The minimum atomic E-state index is -4.55. The molecule has 28 heavy (non-hydrogen) atoms. The van der Waals surface area contributed by atoms with Crippen molar-refractivity contribution in [2.24, 2.45) is 0 Å². The van der Waals surface area contributed by atoms with Gasteiger partial charge in [-0.05, 0) is 42.2 Å². The standard InChI is InChI=1S/C22H21F4NO/c23-19-8-16(7-18(11-19)22(24,25)26)6-17-9-20-13-28-14-21(10-17)27(20)12-15-4-2-1-3-5-15/h1-5,7-9,11,20-21H,6,10,12-14H2. The van der Waals surface area contributed by atoms with E-state index < -0.39 is 17.6 Å². The summed E-state index contributed by atoms with van der Waals surface area (Å²) in [5.74, 6) is -0.851. The van der Waals surface area contributed by atoms with Crippen LogP contribution in [0.2, 0.25) is 0 Å². The molecule has 2 aliphatic heterocycles. The van der Waals surface area contributed by atoms with Crippen molar-refractivity contribution in [1.82, 2.24) is 4.90 Å². The molecule has 2 unspecified atom stereocenters. The van der Waals surface area contributed by atoms with E-state index >= 15 is 0 Å². The molecule has 6 heteroatoms. The maximum absolute atomic E-state index is 13.7. The lowest BCUT2D eigenvalue weighted by atomic mass is 9.89. The van der Waals surface area contributed by atoms with Crippen molar-refractivity contribution in [3.63, 3.8) is 0 Å². The van der Waals surface area contributed by atoms with Crippen LogP contribution in [0.1, 0.15) is 23.1 Å². The number of nitrogens with zero attached hydrogens (tertiary/aromatic N) is 1. The summed E-state index contributed by atoms with van der Waals surface area (Å²) in [5, 5.41) is 0. The van der Waals surface area contributed by atoms with Crippen molar-refractivity contribution in [3.8, 4) is 0 Å². The molecule has 1 fully saturated rings. The van der Waals surface area contributed by atoms with E-state index in [-0.39, 0.29) is 12.1 Å². The SMILES string of the molecule is Fc1cc(CC2=CC3COCC(C2)N3Cc2ccccc2)cc(C(F)(F)F)c1. The van der Waals surface area contributed by atoms with Gasteiger partial charge in [0.1, 0.15) is 5.82 Å². The fourth-order valence-corrected chi connectivity index (χ4v) is 4.10. The van der Waals surface area contributed by atoms with Gasteiger partial charge in [0.25, 0.3) is 0 Å². The maximum atomic E-state index is 13.7. The van der Waals surface area contributed by atoms with Gasteiger partial charge in [-0.2, -0.15) is 13.2 Å². The lowest BCUT2D eigenvalue weighted by Gasteiger charge is -2.45. The first-order chi connectivity index (χ1) is 13.4. The third kappa shape index (κ3) is 4.28. The lowest BCUT2D eigenvalue weighted by molar-refractivity contribution is -0.137. The van der Waals surface area contributed by atoms with Crippen molar-refractivity contribution in [2.75, 3.05) is 13.2 Å². The van der Waals surface area contributed by atoms with Crippen molar-refractivity contribution in [3.05, 3.63) is 82.7 Å². The van der Waals surface area contributed by atoms with E-state index in [0.29, 0.717) is 37.7 Å². The fraction of sp³-hybridized carbons (Fsp3) is 0.364. The van der Waals surface area contributed by atoms with Crippen LogP contribution in [-0.2, 0) is 23.9 Å². The predicted molar refractivity (Wildman–Crippen MR) is 98.2 cm³/mol. The molecule has 2 aliphatic rings. The second-order valence-electron chi connectivity index (χ2n) is 7.47. The molecule has 0 spiro atoms. The number of halogens is 4. The third-order valence-corrected chi connectivity index (χ3v) is 5.34. The highest BCUT2D eigenvalue weighted by Crippen LogP contribution is 2.33. The van der Waals surface area contributed by atoms with Crippen LogP contribution in [0.15, 0.2) is 60.2 Å². The number of hydrogen-bond donors (Lipinski definition) is 0. The molecule has 1 saturated heterocycles. The van der Waals surface area contributed by atoms with E-state index in [4.69, 9.17) is 4.74 Å². The van der Waals surface area contributed by atoms with Crippen LogP contribution in [0.3, 0.4) is 0 Å². The highest BCUT2D eigenvalue weighted by Gasteiger charge is 2.35. The molecule has 2 bridgehead atoms. The van der Waals surface area contributed by atoms with E-state index in [0.717, 1.165) is 18.2 Å². The molecule has 2 aromatic carbocycles. The topological polar surface area (TPSA) is 12.5 Å². The molecular weight excluding hydrogens is 370 g/mol. The summed E-state index contributed by atoms with van der Waals surface area (Å²) in [7, 11) is 0. The average Bonchev–Trinajstić information content (AvgIpc) is 2.62. The van der Waals surface area contributed by atoms with E-state index in [1.54, 1.807) is 0 Å². The molecule has 0 radical (unpaired) electrons. The Morgan fingerprint density at radius 1 is 1.00 bits per heavy atom. The number of fused-ring (bicyclic) bond motifs is 2. The highest BCUT2D eigenvalue weighted by molar-refractivity contribution is 5.32. The van der Waals surface area contributed by atoms with Crippen LogP contribution < -0.4 is 0 Å². The monoisotopic (exact) mass is 391 g/mol. The Bertz CT molecular complexity index is 863. The van der Waals surface area contributed by atoms with Gasteiger partial charge in [-0.25, -0.2) is 4.39 Å². The summed E-state index contributed by atoms with van der Waals surface area (Å²) in [6, 6.07) is 13.2. The van der Waals surface area contributed by atoms with Gasteiger partial charge in [0.05, 0.1) is 24.8 Å². The first-order valence-electron chi connectivity index (χ1n) is 9.32. The Labute approximate surface area is 161 Å². The molecule has 0 saturated carbocycles. The van der Waals surface area contributed by atoms with E-state index in [1.165, 1.54) is 11.6 Å². The zero-order valence-corrected chi connectivity index (χ0v) is 15.3. The van der Waals surface area contributed by atoms with Crippen LogP contribution in [0.5, 0.6) is 0 Å². The Hall–Kier alpha value is -2.18. The van der Waals surface area contributed by atoms with Gasteiger partial charge in [-0.1, -0.05) is 42.0 Å². The van der Waals surface area contributed by atoms with Gasteiger partial charge < -0.3 is 4.74 Å². The van der Waals surface area contributed by atoms with Crippen molar-refractivity contribution < 1.29 is 22.3 Å². The summed E-state index contributed by atoms with van der Waals surface area (Å²) in [4.78, 5) is 2.38. The van der Waals surface area contributed by atoms with Crippen LogP contribution in [0.4, 0.5) is 17.6 Å². The molecule has 148 valence electrons. The second kappa shape index (κ2) is 7.68. The van der Waals surface area contributed by atoms with Crippen LogP contribution in [0, 0.1) is 5.82 Å². The zero-order valence-electron chi connectivity index (χ0n) is 15.3. The lowest BCUT2D eigenvalue weighted by Crippen LogP contribution is -2.53. The summed E-state index contributed by atoms with van der Waals surface area (Å²) in [5.41, 5.74) is 1.68. The summed E-state index contributed by atoms with van der Waals surface area (Å²) in [6.45, 7) is 1.96. The maximum Gasteiger partial charge on any atom is 0.416 e. The summed E-state index contributed by atoms with van der Waals surface area (Å²) >= 11 is 0. The normalized spacial score (nSPS) is 22.8. The molecule has 2 nitrogen and oxygen atoms in total. The molecule has 0 aliphatic carbocycles. The largest absolute Gasteiger partial charge is 0.416 e. The second-order valence-corrected chi connectivity index (χ2v) is 7.47.